The van der Waals surface area contributed by atoms with Gasteiger partial charge < -0.3 is 10.3 Å². The first kappa shape index (κ1) is 19.3. The van der Waals surface area contributed by atoms with Crippen molar-refractivity contribution in [1.29, 1.82) is 0 Å². The number of hydrogen-bond donors (Lipinski definition) is 2. The fraction of sp³-hybridized carbons (Fsp3) is 0.350. The maximum atomic E-state index is 12.5. The fourth-order valence-electron chi connectivity index (χ4n) is 3.64. The van der Waals surface area contributed by atoms with E-state index in [0.29, 0.717) is 12.4 Å². The Kier molecular flexibility index (Phi) is 5.35. The molecule has 0 spiro atoms. The number of nitrogens with one attached hydrogen (secondary N) is 2. The summed E-state index contributed by atoms with van der Waals surface area (Å²) in [7, 11) is 1.84. The maximum Gasteiger partial charge on any atom is 0.259 e. The number of fused-ring (bicyclic) bond motifs is 3. The number of nitrogens with zero attached hydrogens (tertiary/aromatic N) is 2. The fourth-order valence-corrected chi connectivity index (χ4v) is 5.39. The van der Waals surface area contributed by atoms with Gasteiger partial charge in [-0.25, -0.2) is 4.98 Å². The standard InChI is InChI=1S/C20H21BrN4O2S/c1-11-8-12(21)6-7-14(11)22-17(26)10-25(2)9-16-23-19(27)18-13-4-3-5-15(13)28-20(18)24-16/h6-8H,3-5,9-10H2,1-2H3,(H,22,26)(H,23,24,27). The molecule has 0 atom stereocenters. The lowest BCUT2D eigenvalue weighted by molar-refractivity contribution is -0.117. The van der Waals surface area contributed by atoms with Crippen molar-refractivity contribution in [2.75, 3.05) is 18.9 Å². The van der Waals surface area contributed by atoms with E-state index in [4.69, 9.17) is 0 Å². The number of carbonyl (C=O) groups excluding carboxylic acids is 1. The van der Waals surface area contributed by atoms with Crippen LogP contribution < -0.4 is 10.9 Å². The Morgan fingerprint density at radius 3 is 3.00 bits per heavy atom. The second-order valence-electron chi connectivity index (χ2n) is 7.23. The van der Waals surface area contributed by atoms with E-state index in [1.165, 1.54) is 10.4 Å². The zero-order valence-electron chi connectivity index (χ0n) is 15.8. The van der Waals surface area contributed by atoms with Crippen molar-refractivity contribution in [3.05, 3.63) is 54.9 Å². The van der Waals surface area contributed by atoms with Crippen molar-refractivity contribution in [2.24, 2.45) is 0 Å². The highest BCUT2D eigenvalue weighted by Crippen LogP contribution is 2.34. The second-order valence-corrected chi connectivity index (χ2v) is 9.23. The molecule has 0 saturated carbocycles. The van der Waals surface area contributed by atoms with Crippen LogP contribution in [0.2, 0.25) is 0 Å². The van der Waals surface area contributed by atoms with E-state index in [1.54, 1.807) is 11.3 Å². The van der Waals surface area contributed by atoms with E-state index < -0.39 is 0 Å². The number of aromatic nitrogens is 2. The van der Waals surface area contributed by atoms with E-state index >= 15 is 0 Å². The van der Waals surface area contributed by atoms with Crippen molar-refractivity contribution in [2.45, 2.75) is 32.7 Å². The number of halogens is 1. The van der Waals surface area contributed by atoms with Gasteiger partial charge in [-0.2, -0.15) is 0 Å². The number of thiophene rings is 1. The van der Waals surface area contributed by atoms with Crippen molar-refractivity contribution >= 4 is 49.1 Å². The van der Waals surface area contributed by atoms with Crippen LogP contribution in [0.1, 0.15) is 28.2 Å². The number of aryl methyl sites for hydroxylation is 3. The predicted octanol–water partition coefficient (Wildman–Crippen LogP) is 3.61. The number of aromatic amines is 1. The van der Waals surface area contributed by atoms with Gasteiger partial charge in [0.1, 0.15) is 10.7 Å². The summed E-state index contributed by atoms with van der Waals surface area (Å²) in [6.07, 6.45) is 3.13. The van der Waals surface area contributed by atoms with Gasteiger partial charge in [-0.05, 0) is 62.6 Å². The number of H-pyrrole nitrogens is 1. The molecule has 8 heteroatoms. The molecule has 28 heavy (non-hydrogen) atoms. The summed E-state index contributed by atoms with van der Waals surface area (Å²) < 4.78 is 0.977. The third-order valence-corrected chi connectivity index (χ3v) is 6.60. The minimum atomic E-state index is -0.105. The van der Waals surface area contributed by atoms with E-state index in [9.17, 15) is 9.59 Å². The molecular formula is C20H21BrN4O2S. The minimum absolute atomic E-state index is 0.0669. The summed E-state index contributed by atoms with van der Waals surface area (Å²) in [6, 6.07) is 5.73. The Morgan fingerprint density at radius 1 is 1.39 bits per heavy atom. The average Bonchev–Trinajstić information content (AvgIpc) is 3.17. The van der Waals surface area contributed by atoms with Gasteiger partial charge >= 0.3 is 0 Å². The quantitative estimate of drug-likeness (QED) is 0.609. The molecule has 0 fully saturated rings. The van der Waals surface area contributed by atoms with Gasteiger partial charge in [0.25, 0.3) is 5.56 Å². The van der Waals surface area contributed by atoms with E-state index in [1.807, 2.05) is 37.1 Å². The third kappa shape index (κ3) is 3.90. The number of likely N-dealkylation sites (N-methyl/N-ethyl adjacent to an activating group) is 1. The molecule has 0 saturated heterocycles. The Bertz CT molecular complexity index is 1120. The minimum Gasteiger partial charge on any atom is -0.325 e. The zero-order valence-corrected chi connectivity index (χ0v) is 18.2. The molecule has 146 valence electrons. The first-order valence-electron chi connectivity index (χ1n) is 9.18. The van der Waals surface area contributed by atoms with Crippen LogP contribution in [0.15, 0.2) is 27.5 Å². The third-order valence-electron chi connectivity index (χ3n) is 4.92. The largest absolute Gasteiger partial charge is 0.325 e. The van der Waals surface area contributed by atoms with Gasteiger partial charge in [0.2, 0.25) is 5.91 Å². The van der Waals surface area contributed by atoms with Crippen LogP contribution in [0.3, 0.4) is 0 Å². The van der Waals surface area contributed by atoms with Crippen molar-refractivity contribution < 1.29 is 4.79 Å². The molecule has 3 aromatic rings. The molecule has 0 unspecified atom stereocenters. The normalized spacial score (nSPS) is 13.3. The molecule has 0 bridgehead atoms. The van der Waals surface area contributed by atoms with Gasteiger partial charge in [0.15, 0.2) is 0 Å². The molecule has 0 aliphatic heterocycles. The summed E-state index contributed by atoms with van der Waals surface area (Å²) >= 11 is 5.05. The first-order valence-corrected chi connectivity index (χ1v) is 10.8. The van der Waals surface area contributed by atoms with Gasteiger partial charge in [0, 0.05) is 15.0 Å². The maximum absolute atomic E-state index is 12.5. The molecule has 2 aromatic heterocycles. The highest BCUT2D eigenvalue weighted by molar-refractivity contribution is 9.10. The van der Waals surface area contributed by atoms with Crippen LogP contribution >= 0.6 is 27.3 Å². The number of amides is 1. The van der Waals surface area contributed by atoms with Crippen LogP contribution in [0.4, 0.5) is 5.69 Å². The molecule has 1 aliphatic carbocycles. The molecular weight excluding hydrogens is 440 g/mol. The monoisotopic (exact) mass is 460 g/mol. The molecule has 2 heterocycles. The van der Waals surface area contributed by atoms with Gasteiger partial charge in [-0.1, -0.05) is 15.9 Å². The lowest BCUT2D eigenvalue weighted by atomic mass is 10.2. The molecule has 1 aliphatic rings. The van der Waals surface area contributed by atoms with Crippen molar-refractivity contribution in [3.8, 4) is 0 Å². The van der Waals surface area contributed by atoms with Crippen LogP contribution in [0.25, 0.3) is 10.2 Å². The number of anilines is 1. The average molecular weight is 461 g/mol. The van der Waals surface area contributed by atoms with E-state index in [-0.39, 0.29) is 18.0 Å². The first-order chi connectivity index (χ1) is 13.4. The Morgan fingerprint density at radius 2 is 2.21 bits per heavy atom. The Hall–Kier alpha value is -2.03. The van der Waals surface area contributed by atoms with Crippen LogP contribution in [-0.4, -0.2) is 34.4 Å². The number of hydrogen-bond acceptors (Lipinski definition) is 5. The second kappa shape index (κ2) is 7.77. The smallest absolute Gasteiger partial charge is 0.259 e. The number of rotatable bonds is 5. The SMILES string of the molecule is Cc1cc(Br)ccc1NC(=O)CN(C)Cc1nc2sc3c(c2c(=O)[nH]1)CCC3. The lowest BCUT2D eigenvalue weighted by Crippen LogP contribution is -2.31. The van der Waals surface area contributed by atoms with Gasteiger partial charge in [0.05, 0.1) is 18.5 Å². The molecule has 6 nitrogen and oxygen atoms in total. The molecule has 0 radical (unpaired) electrons. The Labute approximate surface area is 175 Å². The Balaban J connectivity index is 1.44. The van der Waals surface area contributed by atoms with E-state index in [0.717, 1.165) is 45.2 Å². The van der Waals surface area contributed by atoms with Crippen LogP contribution in [-0.2, 0) is 24.2 Å². The number of carbonyl (C=O) groups is 1. The summed E-state index contributed by atoms with van der Waals surface area (Å²) in [5.74, 6) is 0.485. The molecule has 1 amide bonds. The highest BCUT2D eigenvalue weighted by Gasteiger charge is 2.21. The summed E-state index contributed by atoms with van der Waals surface area (Å²) in [6.45, 7) is 2.56. The zero-order chi connectivity index (χ0) is 19.8. The number of benzene rings is 1. The van der Waals surface area contributed by atoms with Crippen molar-refractivity contribution in [1.82, 2.24) is 14.9 Å². The van der Waals surface area contributed by atoms with Crippen LogP contribution in [0, 0.1) is 6.92 Å². The lowest BCUT2D eigenvalue weighted by Gasteiger charge is -2.16. The molecule has 2 N–H and O–H groups in total. The van der Waals surface area contributed by atoms with Gasteiger partial charge in [-0.3, -0.25) is 14.5 Å². The topological polar surface area (TPSA) is 78.1 Å². The summed E-state index contributed by atoms with van der Waals surface area (Å²) in [5, 5.41) is 3.69. The summed E-state index contributed by atoms with van der Waals surface area (Å²) in [4.78, 5) is 36.4. The molecule has 4 rings (SSSR count). The molecule has 1 aromatic carbocycles. The van der Waals surface area contributed by atoms with E-state index in [2.05, 4.69) is 31.2 Å². The highest BCUT2D eigenvalue weighted by atomic mass is 79.9. The van der Waals surface area contributed by atoms with Gasteiger partial charge in [-0.15, -0.1) is 11.3 Å². The predicted molar refractivity (Wildman–Crippen MR) is 116 cm³/mol. The summed E-state index contributed by atoms with van der Waals surface area (Å²) in [5.41, 5.74) is 2.90. The van der Waals surface area contributed by atoms with Crippen molar-refractivity contribution in [3.63, 3.8) is 0 Å². The van der Waals surface area contributed by atoms with Crippen LogP contribution in [0.5, 0.6) is 0 Å².